The maximum absolute atomic E-state index is 10.8. The first-order valence-electron chi connectivity index (χ1n) is 5.26. The molecule has 1 amide bonds. The number of aromatic nitrogens is 2. The predicted octanol–water partition coefficient (Wildman–Crippen LogP) is -0.938. The van der Waals surface area contributed by atoms with Crippen LogP contribution in [0.25, 0.3) is 0 Å². The second-order valence-corrected chi connectivity index (χ2v) is 3.60. The van der Waals surface area contributed by atoms with Gasteiger partial charge in [0.25, 0.3) is 0 Å². The third-order valence-electron chi connectivity index (χ3n) is 2.13. The molecule has 7 nitrogen and oxygen atoms in total. The van der Waals surface area contributed by atoms with Crippen LogP contribution in [0.5, 0.6) is 0 Å². The van der Waals surface area contributed by atoms with E-state index in [1.807, 2.05) is 10.8 Å². The summed E-state index contributed by atoms with van der Waals surface area (Å²) in [6, 6.07) is -0.893. The minimum Gasteiger partial charge on any atom is -0.480 e. The molecule has 0 aliphatic rings. The molecule has 0 fully saturated rings. The van der Waals surface area contributed by atoms with Crippen molar-refractivity contribution in [3.8, 4) is 0 Å². The van der Waals surface area contributed by atoms with Crippen molar-refractivity contribution in [3.63, 3.8) is 0 Å². The van der Waals surface area contributed by atoms with E-state index in [4.69, 9.17) is 5.11 Å². The van der Waals surface area contributed by atoms with Crippen LogP contribution in [-0.2, 0) is 16.1 Å². The van der Waals surface area contributed by atoms with Crippen LogP contribution in [0.15, 0.2) is 18.7 Å². The van der Waals surface area contributed by atoms with Crippen molar-refractivity contribution in [2.75, 3.05) is 13.1 Å². The Balaban J connectivity index is 2.23. The van der Waals surface area contributed by atoms with Crippen molar-refractivity contribution >= 4 is 11.9 Å². The van der Waals surface area contributed by atoms with Gasteiger partial charge in [-0.15, -0.1) is 0 Å². The van der Waals surface area contributed by atoms with E-state index >= 15 is 0 Å². The first kappa shape index (κ1) is 13.2. The molecule has 0 radical (unpaired) electrons. The summed E-state index contributed by atoms with van der Waals surface area (Å²) < 4.78 is 1.88. The van der Waals surface area contributed by atoms with E-state index in [9.17, 15) is 9.59 Å². The summed E-state index contributed by atoms with van der Waals surface area (Å²) in [6.45, 7) is 2.80. The van der Waals surface area contributed by atoms with Crippen LogP contribution >= 0.6 is 0 Å². The Kier molecular flexibility index (Phi) is 5.15. The van der Waals surface area contributed by atoms with Gasteiger partial charge in [-0.1, -0.05) is 0 Å². The third kappa shape index (κ3) is 5.12. The van der Waals surface area contributed by atoms with Crippen LogP contribution in [0.1, 0.15) is 6.92 Å². The fourth-order valence-corrected chi connectivity index (χ4v) is 1.32. The average molecular weight is 240 g/mol. The molecular weight excluding hydrogens is 224 g/mol. The van der Waals surface area contributed by atoms with Gasteiger partial charge in [-0.2, -0.15) is 0 Å². The van der Waals surface area contributed by atoms with Gasteiger partial charge in [-0.3, -0.25) is 4.79 Å². The number of hydrogen-bond acceptors (Lipinski definition) is 4. The number of carboxylic acid groups (broad SMARTS) is 1. The Morgan fingerprint density at radius 2 is 2.29 bits per heavy atom. The van der Waals surface area contributed by atoms with E-state index in [0.717, 1.165) is 0 Å². The molecule has 1 atom stereocenters. The Morgan fingerprint density at radius 3 is 2.82 bits per heavy atom. The zero-order valence-corrected chi connectivity index (χ0v) is 9.59. The number of carbonyl (C=O) groups excluding carboxylic acids is 1. The fraction of sp³-hybridized carbons (Fsp3) is 0.500. The van der Waals surface area contributed by atoms with Gasteiger partial charge in [0, 0.05) is 39.0 Å². The average Bonchev–Trinajstić information content (AvgIpc) is 2.74. The summed E-state index contributed by atoms with van der Waals surface area (Å²) in [7, 11) is 0. The largest absolute Gasteiger partial charge is 0.480 e. The topological polar surface area (TPSA) is 96.3 Å². The SMILES string of the molecule is CC(=O)NC(CNCCn1ccnc1)C(=O)O. The molecule has 0 spiro atoms. The molecule has 17 heavy (non-hydrogen) atoms. The van der Waals surface area contributed by atoms with E-state index in [0.29, 0.717) is 13.1 Å². The minimum absolute atomic E-state index is 0.198. The summed E-state index contributed by atoms with van der Waals surface area (Å²) in [5.41, 5.74) is 0. The smallest absolute Gasteiger partial charge is 0.327 e. The number of nitrogens with one attached hydrogen (secondary N) is 2. The Labute approximate surface area is 98.8 Å². The summed E-state index contributed by atoms with van der Waals surface area (Å²) in [6.07, 6.45) is 5.19. The number of imidazole rings is 1. The maximum Gasteiger partial charge on any atom is 0.327 e. The Morgan fingerprint density at radius 1 is 1.53 bits per heavy atom. The van der Waals surface area contributed by atoms with Crippen molar-refractivity contribution in [3.05, 3.63) is 18.7 Å². The van der Waals surface area contributed by atoms with Crippen LogP contribution in [0.4, 0.5) is 0 Å². The van der Waals surface area contributed by atoms with Gasteiger partial charge in [0.2, 0.25) is 5.91 Å². The van der Waals surface area contributed by atoms with Gasteiger partial charge in [-0.05, 0) is 0 Å². The molecule has 0 bridgehead atoms. The molecule has 0 saturated heterocycles. The molecule has 7 heteroatoms. The first-order chi connectivity index (χ1) is 8.09. The van der Waals surface area contributed by atoms with Crippen molar-refractivity contribution < 1.29 is 14.7 Å². The lowest BCUT2D eigenvalue weighted by molar-refractivity contribution is -0.141. The van der Waals surface area contributed by atoms with Crippen LogP contribution < -0.4 is 10.6 Å². The van der Waals surface area contributed by atoms with E-state index in [-0.39, 0.29) is 12.5 Å². The molecule has 1 rings (SSSR count). The zero-order valence-electron chi connectivity index (χ0n) is 9.59. The number of carboxylic acids is 1. The lowest BCUT2D eigenvalue weighted by Crippen LogP contribution is -2.46. The highest BCUT2D eigenvalue weighted by atomic mass is 16.4. The monoisotopic (exact) mass is 240 g/mol. The molecule has 1 aromatic heterocycles. The number of hydrogen-bond donors (Lipinski definition) is 3. The quantitative estimate of drug-likeness (QED) is 0.535. The van der Waals surface area contributed by atoms with Crippen LogP contribution in [-0.4, -0.2) is 45.7 Å². The molecule has 0 aromatic carbocycles. The minimum atomic E-state index is -1.05. The summed E-state index contributed by atoms with van der Waals surface area (Å²) >= 11 is 0. The number of nitrogens with zero attached hydrogens (tertiary/aromatic N) is 2. The van der Waals surface area contributed by atoms with E-state index in [1.165, 1.54) is 6.92 Å². The summed E-state index contributed by atoms with van der Waals surface area (Å²) in [5.74, 6) is -1.40. The second kappa shape index (κ2) is 6.64. The Bertz CT molecular complexity index is 364. The normalized spacial score (nSPS) is 12.1. The van der Waals surface area contributed by atoms with Crippen LogP contribution in [0.2, 0.25) is 0 Å². The molecule has 0 saturated carbocycles. The van der Waals surface area contributed by atoms with Crippen LogP contribution in [0, 0.1) is 0 Å². The highest BCUT2D eigenvalue weighted by Gasteiger charge is 2.17. The van der Waals surface area contributed by atoms with Gasteiger partial charge in [0.1, 0.15) is 6.04 Å². The maximum atomic E-state index is 10.8. The molecular formula is C10H16N4O3. The molecule has 94 valence electrons. The van der Waals surface area contributed by atoms with E-state index < -0.39 is 12.0 Å². The van der Waals surface area contributed by atoms with Gasteiger partial charge < -0.3 is 20.3 Å². The number of aliphatic carboxylic acids is 1. The zero-order chi connectivity index (χ0) is 12.7. The molecule has 1 aromatic rings. The fourth-order valence-electron chi connectivity index (χ4n) is 1.32. The van der Waals surface area contributed by atoms with Gasteiger partial charge in [0.05, 0.1) is 6.33 Å². The highest BCUT2D eigenvalue weighted by Crippen LogP contribution is 1.86. The standard InChI is InChI=1S/C10H16N4O3/c1-8(15)13-9(10(16)17)6-11-2-4-14-5-3-12-7-14/h3,5,7,9,11H,2,4,6H2,1H3,(H,13,15)(H,16,17). The van der Waals surface area contributed by atoms with Gasteiger partial charge in [0.15, 0.2) is 0 Å². The number of carbonyl (C=O) groups is 2. The van der Waals surface area contributed by atoms with E-state index in [2.05, 4.69) is 15.6 Å². The lowest BCUT2D eigenvalue weighted by atomic mass is 10.3. The number of amides is 1. The van der Waals surface area contributed by atoms with Crippen molar-refractivity contribution in [2.45, 2.75) is 19.5 Å². The molecule has 3 N–H and O–H groups in total. The lowest BCUT2D eigenvalue weighted by Gasteiger charge is -2.14. The molecule has 0 aliphatic carbocycles. The first-order valence-corrected chi connectivity index (χ1v) is 5.26. The van der Waals surface area contributed by atoms with Crippen molar-refractivity contribution in [2.24, 2.45) is 0 Å². The van der Waals surface area contributed by atoms with Crippen LogP contribution in [0.3, 0.4) is 0 Å². The predicted molar refractivity (Wildman–Crippen MR) is 60.3 cm³/mol. The highest BCUT2D eigenvalue weighted by molar-refractivity contribution is 5.82. The third-order valence-corrected chi connectivity index (χ3v) is 2.13. The summed E-state index contributed by atoms with van der Waals surface area (Å²) in [4.78, 5) is 25.4. The van der Waals surface area contributed by atoms with Gasteiger partial charge in [-0.25, -0.2) is 9.78 Å². The molecule has 1 unspecified atom stereocenters. The molecule has 1 heterocycles. The number of rotatable bonds is 7. The summed E-state index contributed by atoms with van der Waals surface area (Å²) in [5, 5.41) is 14.2. The van der Waals surface area contributed by atoms with Crippen molar-refractivity contribution in [1.29, 1.82) is 0 Å². The van der Waals surface area contributed by atoms with Crippen molar-refractivity contribution in [1.82, 2.24) is 20.2 Å². The van der Waals surface area contributed by atoms with Gasteiger partial charge >= 0.3 is 5.97 Å². The van der Waals surface area contributed by atoms with E-state index in [1.54, 1.807) is 12.5 Å². The Hall–Kier alpha value is -1.89. The second-order valence-electron chi connectivity index (χ2n) is 3.60. The molecule has 0 aliphatic heterocycles.